The first-order valence-corrected chi connectivity index (χ1v) is 6.70. The topological polar surface area (TPSA) is 39.2 Å². The second kappa shape index (κ2) is 5.84. The van der Waals surface area contributed by atoms with Gasteiger partial charge in [-0.1, -0.05) is 0 Å². The third-order valence-electron chi connectivity index (χ3n) is 2.84. The van der Waals surface area contributed by atoms with E-state index in [1.165, 1.54) is 5.38 Å². The Hall–Kier alpha value is -2.10. The molecule has 10 heteroatoms. The zero-order valence-electron chi connectivity index (χ0n) is 11.2. The summed E-state index contributed by atoms with van der Waals surface area (Å²) in [7, 11) is 1.04. The number of aromatic nitrogens is 1. The van der Waals surface area contributed by atoms with Gasteiger partial charge in [0.2, 0.25) is 0 Å². The van der Waals surface area contributed by atoms with Gasteiger partial charge in [0.05, 0.1) is 29.5 Å². The molecule has 0 unspecified atom stereocenters. The van der Waals surface area contributed by atoms with E-state index in [2.05, 4.69) is 9.11 Å². The SMILES string of the molecule is COC(=O)c1csnc1-c1cc(C(F)(F)F)cc(C(F)(F)F)c1. The Bertz CT molecular complexity index is 703. The molecule has 0 N–H and O–H groups in total. The number of halogens is 6. The summed E-state index contributed by atoms with van der Waals surface area (Å²) in [5.41, 5.74) is -3.92. The lowest BCUT2D eigenvalue weighted by molar-refractivity contribution is -0.143. The molecule has 0 aliphatic rings. The maximum absolute atomic E-state index is 12.8. The van der Waals surface area contributed by atoms with Crippen LogP contribution in [0, 0.1) is 0 Å². The molecule has 2 aromatic rings. The molecule has 0 aliphatic carbocycles. The van der Waals surface area contributed by atoms with Gasteiger partial charge < -0.3 is 4.74 Å². The van der Waals surface area contributed by atoms with Crippen molar-refractivity contribution in [3.63, 3.8) is 0 Å². The number of hydrogen-bond acceptors (Lipinski definition) is 4. The van der Waals surface area contributed by atoms with Gasteiger partial charge in [-0.05, 0) is 29.7 Å². The van der Waals surface area contributed by atoms with E-state index in [-0.39, 0.29) is 17.3 Å². The highest BCUT2D eigenvalue weighted by Crippen LogP contribution is 2.39. The Morgan fingerprint density at radius 3 is 2.00 bits per heavy atom. The van der Waals surface area contributed by atoms with Gasteiger partial charge in [0.25, 0.3) is 0 Å². The first-order valence-electron chi connectivity index (χ1n) is 5.86. The summed E-state index contributed by atoms with van der Waals surface area (Å²) >= 11 is 0.718. The van der Waals surface area contributed by atoms with Crippen LogP contribution in [-0.4, -0.2) is 17.5 Å². The average Bonchev–Trinajstić information content (AvgIpc) is 2.93. The van der Waals surface area contributed by atoms with Crippen molar-refractivity contribution < 1.29 is 35.9 Å². The maximum Gasteiger partial charge on any atom is 0.416 e. The molecule has 0 fully saturated rings. The van der Waals surface area contributed by atoms with Crippen LogP contribution in [0.25, 0.3) is 11.3 Å². The molecule has 0 radical (unpaired) electrons. The second-order valence-electron chi connectivity index (χ2n) is 4.36. The van der Waals surface area contributed by atoms with Crippen LogP contribution < -0.4 is 0 Å². The summed E-state index contributed by atoms with van der Waals surface area (Å²) in [4.78, 5) is 11.5. The second-order valence-corrected chi connectivity index (χ2v) is 4.99. The van der Waals surface area contributed by atoms with Gasteiger partial charge in [0.15, 0.2) is 0 Å². The quantitative estimate of drug-likeness (QED) is 0.582. The zero-order chi connectivity index (χ0) is 17.4. The van der Waals surface area contributed by atoms with E-state index in [4.69, 9.17) is 0 Å². The van der Waals surface area contributed by atoms with Crippen molar-refractivity contribution in [1.82, 2.24) is 4.37 Å². The van der Waals surface area contributed by atoms with Crippen molar-refractivity contribution >= 4 is 17.5 Å². The predicted octanol–water partition coefficient (Wildman–Crippen LogP) is 4.63. The molecule has 0 amide bonds. The molecule has 2 rings (SSSR count). The lowest BCUT2D eigenvalue weighted by Gasteiger charge is -2.14. The van der Waals surface area contributed by atoms with Crippen LogP contribution in [0.3, 0.4) is 0 Å². The Labute approximate surface area is 129 Å². The standard InChI is InChI=1S/C13H7F6NO2S/c1-22-11(21)9-5-23-20-10(9)6-2-7(12(14,15)16)4-8(3-6)13(17,18)19/h2-5H,1H3. The van der Waals surface area contributed by atoms with Crippen molar-refractivity contribution in [2.24, 2.45) is 0 Å². The van der Waals surface area contributed by atoms with Crippen LogP contribution >= 0.6 is 11.5 Å². The number of alkyl halides is 6. The molecule has 1 heterocycles. The molecule has 0 spiro atoms. The molecule has 124 valence electrons. The lowest BCUT2D eigenvalue weighted by atomic mass is 10.0. The predicted molar refractivity (Wildman–Crippen MR) is 68.9 cm³/mol. The van der Waals surface area contributed by atoms with E-state index in [1.54, 1.807) is 0 Å². The van der Waals surface area contributed by atoms with E-state index in [9.17, 15) is 31.1 Å². The summed E-state index contributed by atoms with van der Waals surface area (Å²) < 4.78 is 85.1. The van der Waals surface area contributed by atoms with Gasteiger partial charge in [-0.25, -0.2) is 4.79 Å². The Kier molecular flexibility index (Phi) is 4.38. The van der Waals surface area contributed by atoms with Crippen molar-refractivity contribution in [1.29, 1.82) is 0 Å². The van der Waals surface area contributed by atoms with Crippen molar-refractivity contribution in [2.45, 2.75) is 12.4 Å². The number of ether oxygens (including phenoxy) is 1. The van der Waals surface area contributed by atoms with Gasteiger partial charge >= 0.3 is 18.3 Å². The third kappa shape index (κ3) is 3.63. The number of benzene rings is 1. The number of esters is 1. The van der Waals surface area contributed by atoms with E-state index in [0.29, 0.717) is 12.1 Å². The largest absolute Gasteiger partial charge is 0.465 e. The number of nitrogens with zero attached hydrogens (tertiary/aromatic N) is 1. The summed E-state index contributed by atoms with van der Waals surface area (Å²) in [5.74, 6) is -0.903. The maximum atomic E-state index is 12.8. The van der Waals surface area contributed by atoms with Gasteiger partial charge in [-0.15, -0.1) is 0 Å². The molecule has 3 nitrogen and oxygen atoms in total. The van der Waals surface area contributed by atoms with Crippen molar-refractivity contribution in [3.05, 3.63) is 40.3 Å². The zero-order valence-corrected chi connectivity index (χ0v) is 12.1. The smallest absolute Gasteiger partial charge is 0.416 e. The number of rotatable bonds is 2. The van der Waals surface area contributed by atoms with E-state index in [1.807, 2.05) is 0 Å². The van der Waals surface area contributed by atoms with Crippen LogP contribution in [0.15, 0.2) is 23.6 Å². The molecule has 0 atom stereocenters. The fourth-order valence-electron chi connectivity index (χ4n) is 1.79. The number of methoxy groups -OCH3 is 1. The molecule has 0 saturated carbocycles. The van der Waals surface area contributed by atoms with E-state index < -0.39 is 35.0 Å². The highest BCUT2D eigenvalue weighted by molar-refractivity contribution is 7.04. The lowest BCUT2D eigenvalue weighted by Crippen LogP contribution is -2.11. The summed E-state index contributed by atoms with van der Waals surface area (Å²) in [6.07, 6.45) is -9.95. The molecule has 1 aromatic heterocycles. The minimum Gasteiger partial charge on any atom is -0.465 e. The monoisotopic (exact) mass is 355 g/mol. The van der Waals surface area contributed by atoms with Crippen LogP contribution in [0.5, 0.6) is 0 Å². The Morgan fingerprint density at radius 2 is 1.57 bits per heavy atom. The normalized spacial score (nSPS) is 12.3. The van der Waals surface area contributed by atoms with E-state index >= 15 is 0 Å². The fraction of sp³-hybridized carbons (Fsp3) is 0.231. The van der Waals surface area contributed by atoms with Gasteiger partial charge in [0, 0.05) is 10.9 Å². The summed E-state index contributed by atoms with van der Waals surface area (Å²) in [6.45, 7) is 0. The van der Waals surface area contributed by atoms with E-state index in [0.717, 1.165) is 18.6 Å². The molecular weight excluding hydrogens is 348 g/mol. The first kappa shape index (κ1) is 17.3. The highest BCUT2D eigenvalue weighted by atomic mass is 32.1. The summed E-state index contributed by atoms with van der Waals surface area (Å²) in [5, 5.41) is 1.19. The van der Waals surface area contributed by atoms with Crippen LogP contribution in [0.4, 0.5) is 26.3 Å². The molecule has 23 heavy (non-hydrogen) atoms. The molecule has 0 aliphatic heterocycles. The fourth-order valence-corrected chi connectivity index (χ4v) is 2.47. The van der Waals surface area contributed by atoms with Gasteiger partial charge in [-0.2, -0.15) is 30.7 Å². The molecule has 0 saturated heterocycles. The van der Waals surface area contributed by atoms with Crippen LogP contribution in [-0.2, 0) is 17.1 Å². The number of carbonyl (C=O) groups is 1. The number of carbonyl (C=O) groups excluding carboxylic acids is 1. The van der Waals surface area contributed by atoms with Crippen molar-refractivity contribution in [2.75, 3.05) is 7.11 Å². The minimum atomic E-state index is -4.97. The van der Waals surface area contributed by atoms with Crippen molar-refractivity contribution in [3.8, 4) is 11.3 Å². The Balaban J connectivity index is 2.68. The molecular formula is C13H7F6NO2S. The molecule has 0 bridgehead atoms. The van der Waals surface area contributed by atoms with Gasteiger partial charge in [-0.3, -0.25) is 0 Å². The minimum absolute atomic E-state index is 0.00762. The molecule has 1 aromatic carbocycles. The van der Waals surface area contributed by atoms with Crippen LogP contribution in [0.2, 0.25) is 0 Å². The summed E-state index contributed by atoms with van der Waals surface area (Å²) in [6, 6.07) is 1.03. The Morgan fingerprint density at radius 1 is 1.04 bits per heavy atom. The third-order valence-corrected chi connectivity index (χ3v) is 3.47. The highest BCUT2D eigenvalue weighted by Gasteiger charge is 2.37. The van der Waals surface area contributed by atoms with Gasteiger partial charge in [0.1, 0.15) is 0 Å². The average molecular weight is 355 g/mol. The van der Waals surface area contributed by atoms with Crippen LogP contribution in [0.1, 0.15) is 21.5 Å². The number of hydrogen-bond donors (Lipinski definition) is 0. The first-order chi connectivity index (χ1) is 10.5.